The number of methoxy groups -OCH3 is 1. The van der Waals surface area contributed by atoms with E-state index in [-0.39, 0.29) is 24.7 Å². The first-order valence-corrected chi connectivity index (χ1v) is 4.78. The van der Waals surface area contributed by atoms with Crippen LogP contribution in [0, 0.1) is 0 Å². The van der Waals surface area contributed by atoms with Crippen molar-refractivity contribution in [1.29, 1.82) is 0 Å². The molecule has 1 heterocycles. The van der Waals surface area contributed by atoms with Gasteiger partial charge in [-0.3, -0.25) is 9.59 Å². The molecular weight excluding hydrogens is 230 g/mol. The fraction of sp³-hybridized carbons (Fsp3) is 0.400. The lowest BCUT2D eigenvalue weighted by Gasteiger charge is -2.07. The van der Waals surface area contributed by atoms with Gasteiger partial charge in [-0.2, -0.15) is 0 Å². The summed E-state index contributed by atoms with van der Waals surface area (Å²) in [6.07, 6.45) is 1.59. The van der Waals surface area contributed by atoms with E-state index < -0.39 is 18.0 Å². The van der Waals surface area contributed by atoms with Crippen molar-refractivity contribution in [2.75, 3.05) is 13.7 Å². The number of amides is 1. The molecule has 7 nitrogen and oxygen atoms in total. The van der Waals surface area contributed by atoms with Crippen molar-refractivity contribution < 1.29 is 28.7 Å². The number of hydrogen-bond acceptors (Lipinski definition) is 6. The molecule has 17 heavy (non-hydrogen) atoms. The van der Waals surface area contributed by atoms with Gasteiger partial charge < -0.3 is 14.8 Å². The van der Waals surface area contributed by atoms with Crippen LogP contribution in [-0.4, -0.2) is 43.4 Å². The summed E-state index contributed by atoms with van der Waals surface area (Å²) in [5.41, 5.74) is 0. The Labute approximate surface area is 96.8 Å². The smallest absolute Gasteiger partial charge is 0.331 e. The molecule has 0 aromatic heterocycles. The standard InChI is InChI=1S/C10H11NO6/c1-16-9(14)2-3-10(15)17-5-6-7(12)4-8(13)11-6/h2-3,6H,4-5H2,1H3,(H,11,13)/b3-2+/t6-/m0/s1. The highest BCUT2D eigenvalue weighted by Gasteiger charge is 2.30. The maximum atomic E-state index is 11.1. The van der Waals surface area contributed by atoms with Gasteiger partial charge in [0.05, 0.1) is 13.5 Å². The quantitative estimate of drug-likeness (QED) is 0.374. The molecule has 0 spiro atoms. The molecule has 1 fully saturated rings. The van der Waals surface area contributed by atoms with E-state index in [2.05, 4.69) is 14.8 Å². The molecule has 1 aliphatic heterocycles. The minimum absolute atomic E-state index is 0.194. The number of carbonyl (C=O) groups is 4. The maximum absolute atomic E-state index is 11.1. The summed E-state index contributed by atoms with van der Waals surface area (Å²) in [5, 5.41) is 2.35. The van der Waals surface area contributed by atoms with Crippen LogP contribution in [0.25, 0.3) is 0 Å². The summed E-state index contributed by atoms with van der Waals surface area (Å²) in [7, 11) is 1.17. The van der Waals surface area contributed by atoms with Gasteiger partial charge >= 0.3 is 11.9 Å². The van der Waals surface area contributed by atoms with E-state index >= 15 is 0 Å². The molecular formula is C10H11NO6. The second-order valence-electron chi connectivity index (χ2n) is 3.25. The molecule has 1 atom stereocenters. The number of rotatable bonds is 4. The Morgan fingerprint density at radius 3 is 2.53 bits per heavy atom. The predicted octanol–water partition coefficient (Wildman–Crippen LogP) is -1.28. The topological polar surface area (TPSA) is 98.8 Å². The zero-order chi connectivity index (χ0) is 12.8. The molecule has 0 aliphatic carbocycles. The third-order valence-electron chi connectivity index (χ3n) is 2.01. The number of carbonyl (C=O) groups excluding carboxylic acids is 4. The van der Waals surface area contributed by atoms with Crippen LogP contribution in [0.5, 0.6) is 0 Å². The van der Waals surface area contributed by atoms with Gasteiger partial charge in [0.2, 0.25) is 5.91 Å². The van der Waals surface area contributed by atoms with Crippen molar-refractivity contribution in [3.05, 3.63) is 12.2 Å². The fourth-order valence-corrected chi connectivity index (χ4v) is 1.16. The van der Waals surface area contributed by atoms with Gasteiger partial charge in [-0.1, -0.05) is 0 Å². The predicted molar refractivity (Wildman–Crippen MR) is 53.7 cm³/mol. The van der Waals surface area contributed by atoms with Crippen molar-refractivity contribution in [2.24, 2.45) is 0 Å². The largest absolute Gasteiger partial charge is 0.466 e. The molecule has 0 bridgehead atoms. The average molecular weight is 241 g/mol. The first-order valence-electron chi connectivity index (χ1n) is 4.78. The lowest BCUT2D eigenvalue weighted by Crippen LogP contribution is -2.34. The summed E-state index contributed by atoms with van der Waals surface area (Å²) in [6, 6.07) is -0.794. The molecule has 0 radical (unpaired) electrons. The Morgan fingerprint density at radius 1 is 1.35 bits per heavy atom. The lowest BCUT2D eigenvalue weighted by atomic mass is 10.2. The van der Waals surface area contributed by atoms with Gasteiger partial charge in [-0.15, -0.1) is 0 Å². The molecule has 1 N–H and O–H groups in total. The van der Waals surface area contributed by atoms with Crippen molar-refractivity contribution >= 4 is 23.6 Å². The van der Waals surface area contributed by atoms with Crippen molar-refractivity contribution in [3.63, 3.8) is 0 Å². The number of ether oxygens (including phenoxy) is 2. The second kappa shape index (κ2) is 5.78. The Hall–Kier alpha value is -2.18. The minimum Gasteiger partial charge on any atom is -0.466 e. The lowest BCUT2D eigenvalue weighted by molar-refractivity contribution is -0.140. The molecule has 92 valence electrons. The molecule has 1 saturated heterocycles. The fourth-order valence-electron chi connectivity index (χ4n) is 1.16. The summed E-state index contributed by atoms with van der Waals surface area (Å²) in [5.74, 6) is -2.18. The van der Waals surface area contributed by atoms with E-state index in [1.54, 1.807) is 0 Å². The third kappa shape index (κ3) is 4.06. The summed E-state index contributed by atoms with van der Waals surface area (Å²) >= 11 is 0. The molecule has 0 aromatic rings. The van der Waals surface area contributed by atoms with Gasteiger partial charge in [-0.05, 0) is 0 Å². The van der Waals surface area contributed by atoms with Gasteiger partial charge in [-0.25, -0.2) is 9.59 Å². The highest BCUT2D eigenvalue weighted by molar-refractivity contribution is 6.07. The molecule has 0 aromatic carbocycles. The van der Waals surface area contributed by atoms with Crippen LogP contribution in [0.3, 0.4) is 0 Å². The Kier molecular flexibility index (Phi) is 4.38. The molecule has 7 heteroatoms. The minimum atomic E-state index is -0.794. The van der Waals surface area contributed by atoms with E-state index in [0.717, 1.165) is 12.2 Å². The first kappa shape index (κ1) is 12.9. The van der Waals surface area contributed by atoms with Crippen LogP contribution >= 0.6 is 0 Å². The summed E-state index contributed by atoms with van der Waals surface area (Å²) in [6.45, 7) is -0.241. The molecule has 0 saturated carbocycles. The van der Waals surface area contributed by atoms with E-state index in [4.69, 9.17) is 0 Å². The molecule has 0 unspecified atom stereocenters. The summed E-state index contributed by atoms with van der Waals surface area (Å²) < 4.78 is 8.94. The molecule has 1 amide bonds. The number of Topliss-reactive ketones (excluding diaryl/α,β-unsaturated/α-hetero) is 1. The SMILES string of the molecule is COC(=O)/C=C/C(=O)OC[C@@H]1NC(=O)CC1=O. The van der Waals surface area contributed by atoms with E-state index in [0.29, 0.717) is 0 Å². The highest BCUT2D eigenvalue weighted by Crippen LogP contribution is 2.02. The van der Waals surface area contributed by atoms with Gasteiger partial charge in [0.1, 0.15) is 12.6 Å². The number of esters is 2. The number of ketones is 1. The van der Waals surface area contributed by atoms with Crippen molar-refractivity contribution in [2.45, 2.75) is 12.5 Å². The van der Waals surface area contributed by atoms with Crippen molar-refractivity contribution in [1.82, 2.24) is 5.32 Å². The van der Waals surface area contributed by atoms with Crippen molar-refractivity contribution in [3.8, 4) is 0 Å². The Morgan fingerprint density at radius 2 is 2.00 bits per heavy atom. The first-order chi connectivity index (χ1) is 8.02. The van der Waals surface area contributed by atoms with Crippen LogP contribution in [0.2, 0.25) is 0 Å². The Bertz CT molecular complexity index is 386. The third-order valence-corrected chi connectivity index (χ3v) is 2.01. The van der Waals surface area contributed by atoms with Crippen LogP contribution in [0.4, 0.5) is 0 Å². The molecule has 1 rings (SSSR count). The van der Waals surface area contributed by atoms with E-state index in [1.807, 2.05) is 0 Å². The van der Waals surface area contributed by atoms with Crippen LogP contribution in [-0.2, 0) is 28.7 Å². The molecule has 1 aliphatic rings. The summed E-state index contributed by atoms with van der Waals surface area (Å²) in [4.78, 5) is 43.7. The van der Waals surface area contributed by atoms with Gasteiger partial charge in [0, 0.05) is 12.2 Å². The highest BCUT2D eigenvalue weighted by atomic mass is 16.5. The van der Waals surface area contributed by atoms with E-state index in [1.165, 1.54) is 7.11 Å². The number of nitrogens with one attached hydrogen (secondary N) is 1. The Balaban J connectivity index is 2.34. The zero-order valence-electron chi connectivity index (χ0n) is 9.10. The maximum Gasteiger partial charge on any atom is 0.331 e. The number of hydrogen-bond donors (Lipinski definition) is 1. The zero-order valence-corrected chi connectivity index (χ0v) is 9.10. The normalized spacial score (nSPS) is 19.2. The van der Waals surface area contributed by atoms with Gasteiger partial charge in [0.15, 0.2) is 5.78 Å². The average Bonchev–Trinajstić information content (AvgIpc) is 2.62. The van der Waals surface area contributed by atoms with Crippen LogP contribution < -0.4 is 5.32 Å². The van der Waals surface area contributed by atoms with Crippen LogP contribution in [0.1, 0.15) is 6.42 Å². The second-order valence-corrected chi connectivity index (χ2v) is 3.25. The monoisotopic (exact) mass is 241 g/mol. The van der Waals surface area contributed by atoms with E-state index in [9.17, 15) is 19.2 Å². The van der Waals surface area contributed by atoms with Crippen LogP contribution in [0.15, 0.2) is 12.2 Å². The van der Waals surface area contributed by atoms with Gasteiger partial charge in [0.25, 0.3) is 0 Å².